The molecule has 1 amide bonds. The van der Waals surface area contributed by atoms with Crippen molar-refractivity contribution in [2.24, 2.45) is 11.1 Å². The number of halogens is 2. The van der Waals surface area contributed by atoms with Crippen LogP contribution in [0.1, 0.15) is 20.8 Å². The number of hydrogen-bond acceptors (Lipinski definition) is 3. The van der Waals surface area contributed by atoms with Gasteiger partial charge in [0.1, 0.15) is 0 Å². The van der Waals surface area contributed by atoms with Crippen molar-refractivity contribution in [3.63, 3.8) is 0 Å². The monoisotopic (exact) mass is 348 g/mol. The Balaban J connectivity index is 3.03. The van der Waals surface area contributed by atoms with Crippen molar-refractivity contribution >= 4 is 39.1 Å². The quantitative estimate of drug-likeness (QED) is 0.879. The highest BCUT2D eigenvalue weighted by Crippen LogP contribution is 2.36. The van der Waals surface area contributed by atoms with Crippen LogP contribution < -0.4 is 15.8 Å². The molecule has 0 aliphatic carbocycles. The number of hydrogen-bond donors (Lipinski definition) is 2. The van der Waals surface area contributed by atoms with Gasteiger partial charge in [0.15, 0.2) is 5.75 Å². The van der Waals surface area contributed by atoms with Crippen molar-refractivity contribution in [1.82, 2.24) is 0 Å². The molecule has 0 aliphatic rings. The van der Waals surface area contributed by atoms with Crippen molar-refractivity contribution in [2.45, 2.75) is 26.8 Å². The van der Waals surface area contributed by atoms with Crippen molar-refractivity contribution in [2.75, 3.05) is 12.4 Å². The van der Waals surface area contributed by atoms with E-state index in [0.29, 0.717) is 20.9 Å². The Morgan fingerprint density at radius 3 is 2.53 bits per heavy atom. The van der Waals surface area contributed by atoms with Crippen LogP contribution in [0.15, 0.2) is 16.6 Å². The zero-order valence-electron chi connectivity index (χ0n) is 11.4. The Kier molecular flexibility index (Phi) is 5.24. The largest absolute Gasteiger partial charge is 0.493 e. The first kappa shape index (κ1) is 16.3. The first-order chi connectivity index (χ1) is 8.66. The minimum atomic E-state index is -0.630. The van der Waals surface area contributed by atoms with Gasteiger partial charge in [-0.25, -0.2) is 0 Å². The van der Waals surface area contributed by atoms with Gasteiger partial charge in [0, 0.05) is 5.02 Å². The fourth-order valence-corrected chi connectivity index (χ4v) is 2.44. The summed E-state index contributed by atoms with van der Waals surface area (Å²) in [6.45, 7) is 5.72. The number of methoxy groups -OCH3 is 1. The minimum absolute atomic E-state index is 0.278. The molecule has 0 radical (unpaired) electrons. The fourth-order valence-electron chi connectivity index (χ4n) is 1.46. The van der Waals surface area contributed by atoms with Crippen LogP contribution >= 0.6 is 27.5 Å². The van der Waals surface area contributed by atoms with E-state index in [9.17, 15) is 4.79 Å². The number of amides is 1. The second kappa shape index (κ2) is 6.11. The van der Waals surface area contributed by atoms with E-state index in [4.69, 9.17) is 22.1 Å². The minimum Gasteiger partial charge on any atom is -0.493 e. The summed E-state index contributed by atoms with van der Waals surface area (Å²) in [5.74, 6) is 0.235. The number of carbonyl (C=O) groups excluding carboxylic acids is 1. The molecule has 0 heterocycles. The molecule has 6 heteroatoms. The summed E-state index contributed by atoms with van der Waals surface area (Å²) in [4.78, 5) is 12.1. The molecule has 19 heavy (non-hydrogen) atoms. The molecule has 0 saturated carbocycles. The third-order valence-electron chi connectivity index (χ3n) is 2.69. The smallest absolute Gasteiger partial charge is 0.241 e. The Labute approximate surface area is 126 Å². The summed E-state index contributed by atoms with van der Waals surface area (Å²) in [7, 11) is 1.52. The highest BCUT2D eigenvalue weighted by molar-refractivity contribution is 9.10. The molecule has 0 fully saturated rings. The van der Waals surface area contributed by atoms with Crippen LogP contribution in [0.2, 0.25) is 5.02 Å². The van der Waals surface area contributed by atoms with Crippen molar-refractivity contribution < 1.29 is 9.53 Å². The number of nitrogens with two attached hydrogens (primary N) is 1. The maximum Gasteiger partial charge on any atom is 0.241 e. The second-order valence-corrected chi connectivity index (χ2v) is 6.59. The van der Waals surface area contributed by atoms with Gasteiger partial charge >= 0.3 is 0 Å². The molecule has 0 saturated heterocycles. The zero-order valence-corrected chi connectivity index (χ0v) is 13.7. The number of ether oxygens (including phenoxy) is 1. The van der Waals surface area contributed by atoms with Gasteiger partial charge in [-0.15, -0.1) is 0 Å². The summed E-state index contributed by atoms with van der Waals surface area (Å²) < 4.78 is 5.90. The molecule has 3 N–H and O–H groups in total. The van der Waals surface area contributed by atoms with Crippen LogP contribution in [0, 0.1) is 5.41 Å². The van der Waals surface area contributed by atoms with E-state index >= 15 is 0 Å². The van der Waals surface area contributed by atoms with E-state index in [1.54, 1.807) is 12.1 Å². The molecule has 1 aromatic rings. The molecule has 0 aliphatic heterocycles. The van der Waals surface area contributed by atoms with Gasteiger partial charge in [-0.3, -0.25) is 4.79 Å². The van der Waals surface area contributed by atoms with Gasteiger partial charge in [0.05, 0.1) is 23.3 Å². The topological polar surface area (TPSA) is 64.3 Å². The van der Waals surface area contributed by atoms with Gasteiger partial charge < -0.3 is 15.8 Å². The number of benzene rings is 1. The highest BCUT2D eigenvalue weighted by atomic mass is 79.9. The Bertz CT molecular complexity index is 486. The standard InChI is InChI=1S/C13H18BrClN2O2/c1-13(2,3)11(16)12(18)17-9-6-7(15)5-8(14)10(9)19-4/h5-6,11H,16H2,1-4H3,(H,17,18). The summed E-state index contributed by atoms with van der Waals surface area (Å²) >= 11 is 9.30. The maximum absolute atomic E-state index is 12.1. The van der Waals surface area contributed by atoms with Gasteiger partial charge in [-0.05, 0) is 33.5 Å². The zero-order chi connectivity index (χ0) is 14.8. The Morgan fingerprint density at radius 2 is 2.05 bits per heavy atom. The van der Waals surface area contributed by atoms with Gasteiger partial charge in [-0.2, -0.15) is 0 Å². The van der Waals surface area contributed by atoms with E-state index in [1.807, 2.05) is 20.8 Å². The van der Waals surface area contributed by atoms with Gasteiger partial charge in [0.25, 0.3) is 0 Å². The van der Waals surface area contributed by atoms with Crippen molar-refractivity contribution in [3.05, 3.63) is 21.6 Å². The van der Waals surface area contributed by atoms with E-state index in [2.05, 4.69) is 21.2 Å². The predicted molar refractivity (Wildman–Crippen MR) is 81.8 cm³/mol. The molecule has 1 rings (SSSR count). The molecular formula is C13H18BrClN2O2. The van der Waals surface area contributed by atoms with Crippen LogP contribution in [0.5, 0.6) is 5.75 Å². The van der Waals surface area contributed by atoms with Crippen LogP contribution in [-0.4, -0.2) is 19.1 Å². The molecule has 4 nitrogen and oxygen atoms in total. The molecular weight excluding hydrogens is 332 g/mol. The highest BCUT2D eigenvalue weighted by Gasteiger charge is 2.28. The first-order valence-electron chi connectivity index (χ1n) is 5.76. The van der Waals surface area contributed by atoms with Crippen molar-refractivity contribution in [3.8, 4) is 5.75 Å². The van der Waals surface area contributed by atoms with Crippen LogP contribution in [0.25, 0.3) is 0 Å². The summed E-state index contributed by atoms with van der Waals surface area (Å²) in [6.07, 6.45) is 0. The lowest BCUT2D eigenvalue weighted by Crippen LogP contribution is -2.45. The van der Waals surface area contributed by atoms with Gasteiger partial charge in [0.2, 0.25) is 5.91 Å². The maximum atomic E-state index is 12.1. The van der Waals surface area contributed by atoms with Crippen LogP contribution in [-0.2, 0) is 4.79 Å². The number of anilines is 1. The molecule has 1 unspecified atom stereocenters. The number of nitrogens with one attached hydrogen (secondary N) is 1. The third kappa shape index (κ3) is 4.09. The third-order valence-corrected chi connectivity index (χ3v) is 3.49. The SMILES string of the molecule is COc1c(Br)cc(Cl)cc1NC(=O)C(N)C(C)(C)C. The first-order valence-corrected chi connectivity index (χ1v) is 6.93. The molecule has 0 bridgehead atoms. The Hall–Kier alpha value is -0.780. The normalized spacial score (nSPS) is 13.0. The lowest BCUT2D eigenvalue weighted by molar-refractivity contribution is -0.119. The van der Waals surface area contributed by atoms with Crippen LogP contribution in [0.3, 0.4) is 0 Å². The van der Waals surface area contributed by atoms with Crippen LogP contribution in [0.4, 0.5) is 5.69 Å². The summed E-state index contributed by atoms with van der Waals surface area (Å²) in [5.41, 5.74) is 6.08. The summed E-state index contributed by atoms with van der Waals surface area (Å²) in [6, 6.07) is 2.69. The molecule has 0 aromatic heterocycles. The van der Waals surface area contributed by atoms with Crippen molar-refractivity contribution in [1.29, 1.82) is 0 Å². The average molecular weight is 350 g/mol. The molecule has 1 aromatic carbocycles. The Morgan fingerprint density at radius 1 is 1.47 bits per heavy atom. The number of rotatable bonds is 3. The van der Waals surface area contributed by atoms with Gasteiger partial charge in [-0.1, -0.05) is 32.4 Å². The molecule has 0 spiro atoms. The number of carbonyl (C=O) groups is 1. The second-order valence-electron chi connectivity index (χ2n) is 5.30. The fraction of sp³-hybridized carbons (Fsp3) is 0.462. The predicted octanol–water partition coefficient (Wildman–Crippen LogP) is 3.42. The molecule has 1 atom stereocenters. The van der Waals surface area contributed by atoms with E-state index in [1.165, 1.54) is 7.11 Å². The average Bonchev–Trinajstić information content (AvgIpc) is 2.26. The van der Waals surface area contributed by atoms with E-state index in [-0.39, 0.29) is 11.3 Å². The summed E-state index contributed by atoms with van der Waals surface area (Å²) in [5, 5.41) is 3.24. The van der Waals surface area contributed by atoms with E-state index < -0.39 is 6.04 Å². The molecule has 106 valence electrons. The lowest BCUT2D eigenvalue weighted by Gasteiger charge is -2.26. The van der Waals surface area contributed by atoms with E-state index in [0.717, 1.165) is 0 Å². The lowest BCUT2D eigenvalue weighted by atomic mass is 9.87.